The first-order valence-corrected chi connectivity index (χ1v) is 5.60. The number of nitrogens with zero attached hydrogens (tertiary/aromatic N) is 3. The molecule has 0 aliphatic carbocycles. The lowest BCUT2D eigenvalue weighted by molar-refractivity contribution is -0.384. The Morgan fingerprint density at radius 3 is 2.60 bits per heavy atom. The van der Waals surface area contributed by atoms with E-state index >= 15 is 0 Å². The Kier molecular flexibility index (Phi) is 3.55. The van der Waals surface area contributed by atoms with Gasteiger partial charge >= 0.3 is 5.69 Å². The van der Waals surface area contributed by atoms with Crippen LogP contribution < -0.4 is 5.32 Å². The van der Waals surface area contributed by atoms with Crippen molar-refractivity contribution in [3.8, 4) is 11.3 Å². The van der Waals surface area contributed by atoms with Gasteiger partial charge < -0.3 is 5.32 Å². The SMILES string of the molecule is CNc1ncc([N+](=O)[O-])c(-c2ccc(C)c(F)c2F)n1. The molecule has 2 rings (SSSR count). The third-order valence-corrected chi connectivity index (χ3v) is 2.72. The smallest absolute Gasteiger partial charge is 0.313 e. The third kappa shape index (κ3) is 2.27. The Bertz CT molecular complexity index is 691. The molecule has 1 aromatic heterocycles. The second kappa shape index (κ2) is 5.16. The number of benzene rings is 1. The van der Waals surface area contributed by atoms with E-state index in [1.165, 1.54) is 26.1 Å². The molecule has 1 heterocycles. The van der Waals surface area contributed by atoms with E-state index in [1.54, 1.807) is 0 Å². The van der Waals surface area contributed by atoms with Crippen molar-refractivity contribution >= 4 is 11.6 Å². The van der Waals surface area contributed by atoms with Crippen molar-refractivity contribution in [3.05, 3.63) is 45.6 Å². The van der Waals surface area contributed by atoms with Crippen LogP contribution >= 0.6 is 0 Å². The first-order chi connectivity index (χ1) is 9.45. The fourth-order valence-electron chi connectivity index (χ4n) is 1.66. The van der Waals surface area contributed by atoms with E-state index in [9.17, 15) is 18.9 Å². The molecule has 0 aliphatic rings. The normalized spacial score (nSPS) is 10.4. The number of hydrogen-bond donors (Lipinski definition) is 1. The average molecular weight is 280 g/mol. The largest absolute Gasteiger partial charge is 0.357 e. The van der Waals surface area contributed by atoms with Crippen LogP contribution in [0.5, 0.6) is 0 Å². The van der Waals surface area contributed by atoms with E-state index in [0.717, 1.165) is 6.20 Å². The second-order valence-corrected chi connectivity index (χ2v) is 3.99. The summed E-state index contributed by atoms with van der Waals surface area (Å²) in [7, 11) is 1.51. The molecule has 20 heavy (non-hydrogen) atoms. The Morgan fingerprint density at radius 2 is 2.00 bits per heavy atom. The van der Waals surface area contributed by atoms with Gasteiger partial charge in [0.25, 0.3) is 0 Å². The lowest BCUT2D eigenvalue weighted by atomic mass is 10.1. The number of nitrogens with one attached hydrogen (secondary N) is 1. The van der Waals surface area contributed by atoms with Crippen molar-refractivity contribution in [3.63, 3.8) is 0 Å². The van der Waals surface area contributed by atoms with Gasteiger partial charge in [0.1, 0.15) is 6.20 Å². The quantitative estimate of drug-likeness (QED) is 0.690. The minimum atomic E-state index is -1.17. The minimum Gasteiger partial charge on any atom is -0.357 e. The maximum atomic E-state index is 13.9. The van der Waals surface area contributed by atoms with E-state index in [0.29, 0.717) is 0 Å². The maximum absolute atomic E-state index is 13.9. The van der Waals surface area contributed by atoms with Crippen molar-refractivity contribution < 1.29 is 13.7 Å². The standard InChI is InChI=1S/C12H10F2N4O2/c1-6-3-4-7(10(14)9(6)13)11-8(18(19)20)5-16-12(15-2)17-11/h3-5H,1-2H3,(H,15,16,17). The first-order valence-electron chi connectivity index (χ1n) is 5.60. The molecule has 1 aromatic carbocycles. The number of halogens is 2. The summed E-state index contributed by atoms with van der Waals surface area (Å²) in [6, 6.07) is 2.58. The van der Waals surface area contributed by atoms with Gasteiger partial charge in [-0.15, -0.1) is 0 Å². The van der Waals surface area contributed by atoms with Crippen LogP contribution in [-0.4, -0.2) is 21.9 Å². The van der Waals surface area contributed by atoms with E-state index in [4.69, 9.17) is 0 Å². The summed E-state index contributed by atoms with van der Waals surface area (Å²) in [4.78, 5) is 17.7. The van der Waals surface area contributed by atoms with Gasteiger partial charge in [0, 0.05) is 12.6 Å². The van der Waals surface area contributed by atoms with E-state index < -0.39 is 22.2 Å². The molecule has 0 bridgehead atoms. The molecule has 0 fully saturated rings. The number of rotatable bonds is 3. The third-order valence-electron chi connectivity index (χ3n) is 2.72. The summed E-state index contributed by atoms with van der Waals surface area (Å²) >= 11 is 0. The molecule has 0 amide bonds. The molecule has 104 valence electrons. The van der Waals surface area contributed by atoms with E-state index in [1.807, 2.05) is 0 Å². The van der Waals surface area contributed by atoms with Crippen LogP contribution in [0.1, 0.15) is 5.56 Å². The van der Waals surface area contributed by atoms with Crippen LogP contribution in [0.15, 0.2) is 18.3 Å². The number of hydrogen-bond acceptors (Lipinski definition) is 5. The summed E-state index contributed by atoms with van der Waals surface area (Å²) < 4.78 is 27.5. The van der Waals surface area contributed by atoms with Crippen molar-refractivity contribution in [1.82, 2.24) is 9.97 Å². The average Bonchev–Trinajstić information content (AvgIpc) is 2.44. The number of aromatic nitrogens is 2. The molecular weight excluding hydrogens is 270 g/mol. The Morgan fingerprint density at radius 1 is 1.30 bits per heavy atom. The maximum Gasteiger partial charge on any atom is 0.313 e. The van der Waals surface area contributed by atoms with Crippen LogP contribution in [0.2, 0.25) is 0 Å². The second-order valence-electron chi connectivity index (χ2n) is 3.99. The number of nitro groups is 1. The van der Waals surface area contributed by atoms with Gasteiger partial charge in [0.05, 0.1) is 4.92 Å². The molecule has 6 nitrogen and oxygen atoms in total. The summed E-state index contributed by atoms with van der Waals surface area (Å²) in [6.07, 6.45) is 0.950. The zero-order valence-corrected chi connectivity index (χ0v) is 10.6. The van der Waals surface area contributed by atoms with Crippen molar-refractivity contribution in [1.29, 1.82) is 0 Å². The molecule has 0 saturated heterocycles. The lowest BCUT2D eigenvalue weighted by Crippen LogP contribution is -2.03. The molecule has 0 atom stereocenters. The predicted octanol–water partition coefficient (Wildman–Crippen LogP) is 2.68. The highest BCUT2D eigenvalue weighted by Gasteiger charge is 2.23. The summed E-state index contributed by atoms with van der Waals surface area (Å²) in [5, 5.41) is 13.5. The van der Waals surface area contributed by atoms with E-state index in [2.05, 4.69) is 15.3 Å². The highest BCUT2D eigenvalue weighted by atomic mass is 19.2. The lowest BCUT2D eigenvalue weighted by Gasteiger charge is -2.07. The molecule has 1 N–H and O–H groups in total. The van der Waals surface area contributed by atoms with Gasteiger partial charge in [-0.3, -0.25) is 10.1 Å². The fourth-order valence-corrected chi connectivity index (χ4v) is 1.66. The monoisotopic (exact) mass is 280 g/mol. The highest BCUT2D eigenvalue weighted by molar-refractivity contribution is 5.70. The highest BCUT2D eigenvalue weighted by Crippen LogP contribution is 2.31. The van der Waals surface area contributed by atoms with Crippen molar-refractivity contribution in [2.24, 2.45) is 0 Å². The molecule has 8 heteroatoms. The molecule has 0 radical (unpaired) electrons. The first kappa shape index (κ1) is 13.8. The Hall–Kier alpha value is -2.64. The van der Waals surface area contributed by atoms with Gasteiger partial charge in [-0.2, -0.15) is 0 Å². The fraction of sp³-hybridized carbons (Fsp3) is 0.167. The summed E-state index contributed by atoms with van der Waals surface area (Å²) in [5.41, 5.74) is -0.938. The minimum absolute atomic E-state index is 0.0750. The van der Waals surface area contributed by atoms with Crippen LogP contribution in [-0.2, 0) is 0 Å². The molecule has 0 saturated carbocycles. The summed E-state index contributed by atoms with van der Waals surface area (Å²) in [6.45, 7) is 1.40. The van der Waals surface area contributed by atoms with Gasteiger partial charge in [-0.05, 0) is 18.6 Å². The molecule has 0 unspecified atom stereocenters. The Balaban J connectivity index is 2.73. The van der Waals surface area contributed by atoms with Crippen LogP contribution in [0.3, 0.4) is 0 Å². The van der Waals surface area contributed by atoms with Gasteiger partial charge in [-0.25, -0.2) is 18.7 Å². The van der Waals surface area contributed by atoms with E-state index in [-0.39, 0.29) is 22.8 Å². The summed E-state index contributed by atoms with van der Waals surface area (Å²) in [5.74, 6) is -2.15. The van der Waals surface area contributed by atoms with Crippen LogP contribution in [0.4, 0.5) is 20.4 Å². The van der Waals surface area contributed by atoms with Gasteiger partial charge in [0.15, 0.2) is 17.3 Å². The number of anilines is 1. The zero-order chi connectivity index (χ0) is 14.9. The van der Waals surface area contributed by atoms with Crippen molar-refractivity contribution in [2.45, 2.75) is 6.92 Å². The predicted molar refractivity (Wildman–Crippen MR) is 68.3 cm³/mol. The van der Waals surface area contributed by atoms with Gasteiger partial charge in [0.2, 0.25) is 5.95 Å². The topological polar surface area (TPSA) is 81.0 Å². The number of aryl methyl sites for hydroxylation is 1. The van der Waals surface area contributed by atoms with Gasteiger partial charge in [-0.1, -0.05) is 6.07 Å². The van der Waals surface area contributed by atoms with Crippen LogP contribution in [0, 0.1) is 28.7 Å². The zero-order valence-electron chi connectivity index (χ0n) is 10.6. The molecule has 0 aliphatic heterocycles. The van der Waals surface area contributed by atoms with Crippen LogP contribution in [0.25, 0.3) is 11.3 Å². The molecular formula is C12H10F2N4O2. The van der Waals surface area contributed by atoms with Crippen molar-refractivity contribution in [2.75, 3.05) is 12.4 Å². The molecule has 2 aromatic rings. The Labute approximate surface area is 112 Å². The molecule has 0 spiro atoms.